The lowest BCUT2D eigenvalue weighted by molar-refractivity contribution is -0.347. The predicted octanol–water partition coefficient (Wildman–Crippen LogP) is 4.55. The Morgan fingerprint density at radius 2 is 1.95 bits per heavy atom. The molecule has 3 heteroatoms. The fourth-order valence-electron chi connectivity index (χ4n) is 4.86. The second-order valence-corrected chi connectivity index (χ2v) is 7.98. The van der Waals surface area contributed by atoms with E-state index in [1.165, 1.54) is 11.1 Å². The standard InChI is InChI=1S/C19H28O3/c1-12(2)13-6-7-15-14(10-13)16(20)11-17-18(15,3)8-5-9-19(17,4)22-21/h6-7,10,12,16-17,20-21H,5,8-9,11H2,1-4H3. The van der Waals surface area contributed by atoms with Crippen LogP contribution in [0.15, 0.2) is 18.2 Å². The molecule has 0 amide bonds. The Morgan fingerprint density at radius 3 is 2.59 bits per heavy atom. The van der Waals surface area contributed by atoms with Crippen LogP contribution < -0.4 is 0 Å². The van der Waals surface area contributed by atoms with Gasteiger partial charge in [0, 0.05) is 5.92 Å². The Labute approximate surface area is 133 Å². The number of aliphatic hydroxyl groups excluding tert-OH is 1. The van der Waals surface area contributed by atoms with Gasteiger partial charge in [-0.2, -0.15) is 0 Å². The van der Waals surface area contributed by atoms with E-state index >= 15 is 0 Å². The first-order valence-corrected chi connectivity index (χ1v) is 8.47. The van der Waals surface area contributed by atoms with Crippen LogP contribution in [-0.2, 0) is 10.3 Å². The van der Waals surface area contributed by atoms with E-state index < -0.39 is 11.7 Å². The van der Waals surface area contributed by atoms with Gasteiger partial charge in [0.25, 0.3) is 0 Å². The lowest BCUT2D eigenvalue weighted by Gasteiger charge is -2.54. The molecule has 1 aromatic rings. The molecule has 0 radical (unpaired) electrons. The molecule has 2 aliphatic carbocycles. The zero-order valence-corrected chi connectivity index (χ0v) is 14.1. The molecule has 3 rings (SSSR count). The van der Waals surface area contributed by atoms with Gasteiger partial charge in [0.05, 0.1) is 6.10 Å². The molecule has 3 nitrogen and oxygen atoms in total. The van der Waals surface area contributed by atoms with E-state index in [1.807, 2.05) is 6.92 Å². The molecular weight excluding hydrogens is 276 g/mol. The second kappa shape index (κ2) is 5.33. The van der Waals surface area contributed by atoms with Gasteiger partial charge in [-0.25, -0.2) is 4.89 Å². The number of rotatable bonds is 2. The molecule has 0 saturated heterocycles. The van der Waals surface area contributed by atoms with Crippen LogP contribution in [0.1, 0.15) is 82.1 Å². The molecule has 122 valence electrons. The van der Waals surface area contributed by atoms with E-state index in [4.69, 9.17) is 4.89 Å². The van der Waals surface area contributed by atoms with Crippen molar-refractivity contribution in [1.82, 2.24) is 0 Å². The lowest BCUT2D eigenvalue weighted by atomic mass is 9.53. The molecule has 2 aliphatic rings. The van der Waals surface area contributed by atoms with Gasteiger partial charge in [0.1, 0.15) is 5.60 Å². The molecule has 0 bridgehead atoms. The van der Waals surface area contributed by atoms with E-state index in [9.17, 15) is 10.4 Å². The van der Waals surface area contributed by atoms with Crippen molar-refractivity contribution < 1.29 is 15.3 Å². The van der Waals surface area contributed by atoms with Gasteiger partial charge in [0.15, 0.2) is 0 Å². The molecule has 22 heavy (non-hydrogen) atoms. The smallest absolute Gasteiger partial charge is 0.104 e. The summed E-state index contributed by atoms with van der Waals surface area (Å²) in [6.07, 6.45) is 3.14. The summed E-state index contributed by atoms with van der Waals surface area (Å²) in [5.41, 5.74) is 2.98. The third-order valence-electron chi connectivity index (χ3n) is 6.26. The van der Waals surface area contributed by atoms with Crippen LogP contribution in [-0.4, -0.2) is 16.0 Å². The Kier molecular flexibility index (Phi) is 3.87. The molecule has 4 atom stereocenters. The summed E-state index contributed by atoms with van der Waals surface area (Å²) in [6.45, 7) is 8.61. The monoisotopic (exact) mass is 304 g/mol. The highest BCUT2D eigenvalue weighted by atomic mass is 17.1. The van der Waals surface area contributed by atoms with E-state index in [2.05, 4.69) is 39.0 Å². The highest BCUT2D eigenvalue weighted by Crippen LogP contribution is 2.57. The lowest BCUT2D eigenvalue weighted by Crippen LogP contribution is -2.54. The van der Waals surface area contributed by atoms with Crippen molar-refractivity contribution in [2.24, 2.45) is 5.92 Å². The Balaban J connectivity index is 2.11. The largest absolute Gasteiger partial charge is 0.388 e. The molecular formula is C19H28O3. The minimum atomic E-state index is -0.567. The summed E-state index contributed by atoms with van der Waals surface area (Å²) in [5, 5.41) is 20.2. The minimum Gasteiger partial charge on any atom is -0.388 e. The van der Waals surface area contributed by atoms with Crippen molar-refractivity contribution in [1.29, 1.82) is 0 Å². The number of hydrogen-bond acceptors (Lipinski definition) is 3. The first kappa shape index (κ1) is 16.0. The number of hydrogen-bond donors (Lipinski definition) is 2. The normalized spacial score (nSPS) is 37.8. The maximum atomic E-state index is 10.7. The quantitative estimate of drug-likeness (QED) is 0.622. The van der Waals surface area contributed by atoms with E-state index in [1.54, 1.807) is 0 Å². The Morgan fingerprint density at radius 1 is 1.23 bits per heavy atom. The number of benzene rings is 1. The highest BCUT2D eigenvalue weighted by Gasteiger charge is 2.54. The van der Waals surface area contributed by atoms with Crippen molar-refractivity contribution in [2.45, 2.75) is 76.4 Å². The maximum absolute atomic E-state index is 10.7. The van der Waals surface area contributed by atoms with Crippen LogP contribution >= 0.6 is 0 Å². The van der Waals surface area contributed by atoms with Gasteiger partial charge in [-0.15, -0.1) is 0 Å². The number of aliphatic hydroxyl groups is 1. The van der Waals surface area contributed by atoms with E-state index in [0.29, 0.717) is 12.3 Å². The molecule has 0 aromatic heterocycles. The summed E-state index contributed by atoms with van der Waals surface area (Å²) >= 11 is 0. The Bertz CT molecular complexity index is 568. The topological polar surface area (TPSA) is 49.7 Å². The first-order chi connectivity index (χ1) is 10.3. The SMILES string of the molecule is CC(C)c1ccc2c(c1)C(O)CC1C(C)(OO)CCCC21C. The third kappa shape index (κ3) is 2.22. The van der Waals surface area contributed by atoms with E-state index in [0.717, 1.165) is 24.8 Å². The van der Waals surface area contributed by atoms with Gasteiger partial charge in [-0.3, -0.25) is 5.26 Å². The van der Waals surface area contributed by atoms with Crippen LogP contribution in [0, 0.1) is 5.92 Å². The third-order valence-corrected chi connectivity index (χ3v) is 6.26. The molecule has 1 fully saturated rings. The van der Waals surface area contributed by atoms with Crippen molar-refractivity contribution >= 4 is 0 Å². The summed E-state index contributed by atoms with van der Waals surface area (Å²) in [5.74, 6) is 0.589. The summed E-state index contributed by atoms with van der Waals surface area (Å²) in [6, 6.07) is 6.57. The van der Waals surface area contributed by atoms with Crippen molar-refractivity contribution in [3.8, 4) is 0 Å². The zero-order valence-electron chi connectivity index (χ0n) is 14.1. The van der Waals surface area contributed by atoms with Crippen molar-refractivity contribution in [3.63, 3.8) is 0 Å². The molecule has 1 aromatic carbocycles. The van der Waals surface area contributed by atoms with Gasteiger partial charge >= 0.3 is 0 Å². The van der Waals surface area contributed by atoms with Gasteiger partial charge in [0.2, 0.25) is 0 Å². The minimum absolute atomic E-state index is 0.0419. The van der Waals surface area contributed by atoms with Crippen LogP contribution in [0.2, 0.25) is 0 Å². The average molecular weight is 304 g/mol. The summed E-state index contributed by atoms with van der Waals surface area (Å²) < 4.78 is 0. The molecule has 1 saturated carbocycles. The molecule has 2 N–H and O–H groups in total. The van der Waals surface area contributed by atoms with Gasteiger partial charge < -0.3 is 5.11 Å². The fourth-order valence-corrected chi connectivity index (χ4v) is 4.86. The fraction of sp³-hybridized carbons (Fsp3) is 0.684. The average Bonchev–Trinajstić information content (AvgIpc) is 2.49. The van der Waals surface area contributed by atoms with Gasteiger partial charge in [-0.1, -0.05) is 39.0 Å². The molecule has 4 unspecified atom stereocenters. The summed E-state index contributed by atoms with van der Waals surface area (Å²) in [4.78, 5) is 4.93. The highest BCUT2D eigenvalue weighted by molar-refractivity contribution is 5.43. The van der Waals surface area contributed by atoms with Gasteiger partial charge in [-0.05, 0) is 60.6 Å². The van der Waals surface area contributed by atoms with Crippen molar-refractivity contribution in [2.75, 3.05) is 0 Å². The summed E-state index contributed by atoms with van der Waals surface area (Å²) in [7, 11) is 0. The Hall–Kier alpha value is -0.900. The van der Waals surface area contributed by atoms with Crippen LogP contribution in [0.25, 0.3) is 0 Å². The second-order valence-electron chi connectivity index (χ2n) is 7.98. The van der Waals surface area contributed by atoms with Crippen molar-refractivity contribution in [3.05, 3.63) is 34.9 Å². The molecule has 0 spiro atoms. The maximum Gasteiger partial charge on any atom is 0.104 e. The van der Waals surface area contributed by atoms with Crippen LogP contribution in [0.5, 0.6) is 0 Å². The number of fused-ring (bicyclic) bond motifs is 3. The van der Waals surface area contributed by atoms with E-state index in [-0.39, 0.29) is 11.3 Å². The van der Waals surface area contributed by atoms with Crippen LogP contribution in [0.3, 0.4) is 0 Å². The van der Waals surface area contributed by atoms with Crippen LogP contribution in [0.4, 0.5) is 0 Å². The molecule has 0 aliphatic heterocycles. The zero-order chi connectivity index (χ0) is 16.1. The predicted molar refractivity (Wildman–Crippen MR) is 86.9 cm³/mol. The first-order valence-electron chi connectivity index (χ1n) is 8.47. The molecule has 0 heterocycles.